The third kappa shape index (κ3) is 4.21. The summed E-state index contributed by atoms with van der Waals surface area (Å²) in [6.45, 7) is 1.47. The van der Waals surface area contributed by atoms with Crippen molar-refractivity contribution in [2.75, 3.05) is 12.4 Å². The van der Waals surface area contributed by atoms with Gasteiger partial charge in [-0.2, -0.15) is 5.10 Å². The molecular formula is C21H20N6O. The lowest BCUT2D eigenvalue weighted by molar-refractivity contribution is 0.102. The van der Waals surface area contributed by atoms with Crippen molar-refractivity contribution in [3.05, 3.63) is 84.1 Å². The number of nitrogens with zero attached hydrogens (tertiary/aromatic N) is 4. The number of amides is 1. The van der Waals surface area contributed by atoms with Gasteiger partial charge in [0, 0.05) is 48.3 Å². The van der Waals surface area contributed by atoms with Crippen molar-refractivity contribution in [2.45, 2.75) is 13.1 Å². The summed E-state index contributed by atoms with van der Waals surface area (Å²) in [5.41, 5.74) is 4.35. The van der Waals surface area contributed by atoms with Crippen molar-refractivity contribution < 1.29 is 4.79 Å². The molecule has 28 heavy (non-hydrogen) atoms. The number of H-pyrrole nitrogens is 1. The van der Waals surface area contributed by atoms with Gasteiger partial charge in [-0.1, -0.05) is 12.1 Å². The van der Waals surface area contributed by atoms with E-state index in [1.165, 1.54) is 0 Å². The number of fused-ring (bicyclic) bond motifs is 1. The van der Waals surface area contributed by atoms with Crippen LogP contribution in [0.2, 0.25) is 0 Å². The van der Waals surface area contributed by atoms with Crippen LogP contribution in [0.15, 0.2) is 67.3 Å². The Hall–Kier alpha value is -3.58. The first-order valence-corrected chi connectivity index (χ1v) is 8.94. The van der Waals surface area contributed by atoms with Gasteiger partial charge in [-0.05, 0) is 42.9 Å². The van der Waals surface area contributed by atoms with E-state index in [1.807, 2.05) is 49.5 Å². The SMILES string of the molecule is CN(Cc1ccc(C(=O)Nc2ccc3[nH]ncc3c2)cc1)Cc1cnccn1. The van der Waals surface area contributed by atoms with Gasteiger partial charge in [-0.15, -0.1) is 0 Å². The number of rotatable bonds is 6. The number of benzene rings is 2. The van der Waals surface area contributed by atoms with Gasteiger partial charge in [0.15, 0.2) is 0 Å². The Morgan fingerprint density at radius 1 is 1.07 bits per heavy atom. The fourth-order valence-corrected chi connectivity index (χ4v) is 3.04. The van der Waals surface area contributed by atoms with Gasteiger partial charge in [0.05, 0.1) is 17.4 Å². The van der Waals surface area contributed by atoms with Gasteiger partial charge in [0.2, 0.25) is 0 Å². The fraction of sp³-hybridized carbons (Fsp3) is 0.143. The molecule has 7 nitrogen and oxygen atoms in total. The highest BCUT2D eigenvalue weighted by molar-refractivity contribution is 6.05. The molecule has 2 aromatic heterocycles. The Kier molecular flexibility index (Phi) is 5.07. The maximum Gasteiger partial charge on any atom is 0.255 e. The van der Waals surface area contributed by atoms with E-state index in [-0.39, 0.29) is 5.91 Å². The Morgan fingerprint density at radius 3 is 2.71 bits per heavy atom. The summed E-state index contributed by atoms with van der Waals surface area (Å²) in [6.07, 6.45) is 6.86. The van der Waals surface area contributed by atoms with Gasteiger partial charge in [0.25, 0.3) is 5.91 Å². The summed E-state index contributed by atoms with van der Waals surface area (Å²) < 4.78 is 0. The molecule has 0 radical (unpaired) electrons. The molecule has 0 spiro atoms. The number of hydrogen-bond donors (Lipinski definition) is 2. The molecule has 2 heterocycles. The van der Waals surface area contributed by atoms with Crippen LogP contribution in [0.4, 0.5) is 5.69 Å². The maximum atomic E-state index is 12.5. The van der Waals surface area contributed by atoms with Crippen LogP contribution in [0.1, 0.15) is 21.6 Å². The molecule has 0 saturated carbocycles. The molecule has 0 aliphatic rings. The van der Waals surface area contributed by atoms with Gasteiger partial charge < -0.3 is 5.32 Å². The van der Waals surface area contributed by atoms with E-state index in [0.29, 0.717) is 12.1 Å². The van der Waals surface area contributed by atoms with Crippen molar-refractivity contribution in [1.82, 2.24) is 25.1 Å². The summed E-state index contributed by atoms with van der Waals surface area (Å²) in [6, 6.07) is 13.3. The summed E-state index contributed by atoms with van der Waals surface area (Å²) >= 11 is 0. The Balaban J connectivity index is 1.37. The van der Waals surface area contributed by atoms with Crippen LogP contribution < -0.4 is 5.32 Å². The second-order valence-electron chi connectivity index (χ2n) is 6.69. The zero-order chi connectivity index (χ0) is 19.3. The largest absolute Gasteiger partial charge is 0.322 e. The second-order valence-corrected chi connectivity index (χ2v) is 6.69. The lowest BCUT2D eigenvalue weighted by Crippen LogP contribution is -2.18. The zero-order valence-corrected chi connectivity index (χ0v) is 15.5. The predicted molar refractivity (Wildman–Crippen MR) is 108 cm³/mol. The van der Waals surface area contributed by atoms with E-state index >= 15 is 0 Å². The maximum absolute atomic E-state index is 12.5. The highest BCUT2D eigenvalue weighted by atomic mass is 16.1. The number of hydrogen-bond acceptors (Lipinski definition) is 5. The van der Waals surface area contributed by atoms with Gasteiger partial charge in [-0.3, -0.25) is 24.8 Å². The molecule has 7 heteroatoms. The highest BCUT2D eigenvalue weighted by Gasteiger charge is 2.08. The Morgan fingerprint density at radius 2 is 1.93 bits per heavy atom. The first-order valence-electron chi connectivity index (χ1n) is 8.94. The van der Waals surface area contributed by atoms with Crippen LogP contribution in [0, 0.1) is 0 Å². The Labute approximate surface area is 162 Å². The first kappa shape index (κ1) is 17.8. The molecule has 0 saturated heterocycles. The van der Waals surface area contributed by atoms with E-state index in [0.717, 1.165) is 34.4 Å². The number of nitrogens with one attached hydrogen (secondary N) is 2. The normalized spacial score (nSPS) is 11.1. The van der Waals surface area contributed by atoms with Crippen molar-refractivity contribution in [3.8, 4) is 0 Å². The summed E-state index contributed by atoms with van der Waals surface area (Å²) in [7, 11) is 2.03. The average molecular weight is 372 g/mol. The minimum absolute atomic E-state index is 0.137. The standard InChI is InChI=1S/C21H20N6O/c1-27(14-19-12-22-8-9-23-19)13-15-2-4-16(5-3-15)21(28)25-18-6-7-20-17(10-18)11-24-26-20/h2-12H,13-14H2,1H3,(H,24,26)(H,25,28). The lowest BCUT2D eigenvalue weighted by Gasteiger charge is -2.16. The van der Waals surface area contributed by atoms with Crippen LogP contribution >= 0.6 is 0 Å². The molecule has 4 rings (SSSR count). The average Bonchev–Trinajstić information content (AvgIpc) is 3.17. The molecule has 140 valence electrons. The van der Waals surface area contributed by atoms with Crippen LogP contribution in [-0.4, -0.2) is 38.0 Å². The number of anilines is 1. The lowest BCUT2D eigenvalue weighted by atomic mass is 10.1. The minimum atomic E-state index is -0.137. The number of carbonyl (C=O) groups excluding carboxylic acids is 1. The van der Waals surface area contributed by atoms with Gasteiger partial charge in [0.1, 0.15) is 0 Å². The van der Waals surface area contributed by atoms with Crippen LogP contribution in [-0.2, 0) is 13.1 Å². The monoisotopic (exact) mass is 372 g/mol. The van der Waals surface area contributed by atoms with Crippen LogP contribution in [0.25, 0.3) is 10.9 Å². The molecule has 0 bridgehead atoms. The molecule has 0 aliphatic heterocycles. The molecule has 0 atom stereocenters. The van der Waals surface area contributed by atoms with E-state index in [9.17, 15) is 4.79 Å². The number of aromatic nitrogens is 4. The predicted octanol–water partition coefficient (Wildman–Crippen LogP) is 3.24. The van der Waals surface area contributed by atoms with Crippen molar-refractivity contribution in [2.24, 2.45) is 0 Å². The summed E-state index contributed by atoms with van der Waals surface area (Å²) in [5, 5.41) is 10.8. The van der Waals surface area contributed by atoms with E-state index < -0.39 is 0 Å². The first-order chi connectivity index (χ1) is 13.7. The molecule has 1 amide bonds. The smallest absolute Gasteiger partial charge is 0.255 e. The topological polar surface area (TPSA) is 86.8 Å². The minimum Gasteiger partial charge on any atom is -0.322 e. The van der Waals surface area contributed by atoms with E-state index in [2.05, 4.69) is 30.4 Å². The van der Waals surface area contributed by atoms with E-state index in [1.54, 1.807) is 24.8 Å². The highest BCUT2D eigenvalue weighted by Crippen LogP contribution is 2.18. The second kappa shape index (κ2) is 7.98. The molecule has 0 unspecified atom stereocenters. The summed E-state index contributed by atoms with van der Waals surface area (Å²) in [5.74, 6) is -0.137. The molecule has 0 fully saturated rings. The zero-order valence-electron chi connectivity index (χ0n) is 15.5. The third-order valence-corrected chi connectivity index (χ3v) is 4.42. The molecule has 2 aromatic carbocycles. The Bertz CT molecular complexity index is 1070. The van der Waals surface area contributed by atoms with Crippen LogP contribution in [0.5, 0.6) is 0 Å². The summed E-state index contributed by atoms with van der Waals surface area (Å²) in [4.78, 5) is 23.0. The number of aromatic amines is 1. The molecule has 4 aromatic rings. The van der Waals surface area contributed by atoms with Crippen molar-refractivity contribution in [1.29, 1.82) is 0 Å². The molecule has 0 aliphatic carbocycles. The number of carbonyl (C=O) groups is 1. The fourth-order valence-electron chi connectivity index (χ4n) is 3.04. The molecule has 2 N–H and O–H groups in total. The van der Waals surface area contributed by atoms with Crippen LogP contribution in [0.3, 0.4) is 0 Å². The van der Waals surface area contributed by atoms with Crippen molar-refractivity contribution >= 4 is 22.5 Å². The quantitative estimate of drug-likeness (QED) is 0.543. The third-order valence-electron chi connectivity index (χ3n) is 4.42. The van der Waals surface area contributed by atoms with E-state index in [4.69, 9.17) is 0 Å². The van der Waals surface area contributed by atoms with Gasteiger partial charge >= 0.3 is 0 Å². The van der Waals surface area contributed by atoms with Gasteiger partial charge in [-0.25, -0.2) is 0 Å². The molecular weight excluding hydrogens is 352 g/mol. The van der Waals surface area contributed by atoms with Crippen molar-refractivity contribution in [3.63, 3.8) is 0 Å².